The van der Waals surface area contributed by atoms with Crippen molar-refractivity contribution in [1.82, 2.24) is 0 Å². The molecule has 0 bridgehead atoms. The van der Waals surface area contributed by atoms with Crippen LogP contribution in [0.15, 0.2) is 30.3 Å². The molecule has 92 valence electrons. The first kappa shape index (κ1) is 14.0. The first-order valence-electron chi connectivity index (χ1n) is 6.00. The molecule has 0 aliphatic heterocycles. The average Bonchev–Trinajstić information content (AvgIpc) is 2.26. The lowest BCUT2D eigenvalue weighted by atomic mass is 9.84. The third-order valence-corrected chi connectivity index (χ3v) is 3.43. The molecule has 1 nitrogen and oxygen atoms in total. The molecule has 0 unspecified atom stereocenters. The third kappa shape index (κ3) is 4.38. The van der Waals surface area contributed by atoms with Crippen molar-refractivity contribution < 1.29 is 5.11 Å². The molecule has 0 fully saturated rings. The van der Waals surface area contributed by atoms with Crippen LogP contribution in [0.5, 0.6) is 0 Å². The van der Waals surface area contributed by atoms with E-state index < -0.39 is 19.6 Å². The molecule has 1 atom stereocenters. The van der Waals surface area contributed by atoms with E-state index >= 15 is 0 Å². The van der Waals surface area contributed by atoms with Gasteiger partial charge in [-0.1, -0.05) is 50.0 Å². The Balaban J connectivity index is 2.94. The van der Waals surface area contributed by atoms with E-state index in [9.17, 15) is 5.11 Å². The minimum Gasteiger partial charge on any atom is -0.387 e. The number of hydrogen-bond donors (Lipinski definition) is 1. The van der Waals surface area contributed by atoms with E-state index in [-0.39, 0.29) is 0 Å². The Kier molecular flexibility index (Phi) is 4.19. The third-order valence-electron chi connectivity index (χ3n) is 2.56. The molecule has 0 radical (unpaired) electrons. The van der Waals surface area contributed by atoms with Crippen LogP contribution in [0.1, 0.15) is 25.5 Å². The molecule has 0 heterocycles. The molecule has 1 N–H and O–H groups in total. The van der Waals surface area contributed by atoms with Crippen LogP contribution in [-0.2, 0) is 0 Å². The Labute approximate surface area is 106 Å². The van der Waals surface area contributed by atoms with Gasteiger partial charge in [-0.25, -0.2) is 0 Å². The van der Waals surface area contributed by atoms with Crippen LogP contribution in [0.2, 0.25) is 19.6 Å². The molecule has 0 saturated carbocycles. The van der Waals surface area contributed by atoms with Gasteiger partial charge in [0.1, 0.15) is 8.07 Å². The number of benzene rings is 1. The fourth-order valence-electron chi connectivity index (χ4n) is 1.47. The Morgan fingerprint density at radius 2 is 1.65 bits per heavy atom. The second-order valence-electron chi connectivity index (χ2n) is 6.03. The lowest BCUT2D eigenvalue weighted by Gasteiger charge is -2.26. The SMILES string of the molecule is CC(C)(C#C[Si](C)(C)C)[C@H](O)c1ccccc1. The van der Waals surface area contributed by atoms with Gasteiger partial charge in [-0.2, -0.15) is 0 Å². The van der Waals surface area contributed by atoms with Crippen LogP contribution >= 0.6 is 0 Å². The van der Waals surface area contributed by atoms with Gasteiger partial charge in [0.25, 0.3) is 0 Å². The summed E-state index contributed by atoms with van der Waals surface area (Å²) in [6.45, 7) is 10.6. The molecule has 0 aromatic heterocycles. The smallest absolute Gasteiger partial charge is 0.129 e. The van der Waals surface area contributed by atoms with Crippen molar-refractivity contribution in [3.8, 4) is 11.5 Å². The van der Waals surface area contributed by atoms with E-state index in [1.165, 1.54) is 0 Å². The molecule has 0 aliphatic carbocycles. The van der Waals surface area contributed by atoms with Crippen LogP contribution < -0.4 is 0 Å². The first-order chi connectivity index (χ1) is 7.72. The van der Waals surface area contributed by atoms with E-state index in [0.717, 1.165) is 5.56 Å². The minimum atomic E-state index is -1.39. The van der Waals surface area contributed by atoms with E-state index in [1.54, 1.807) is 0 Å². The van der Waals surface area contributed by atoms with Crippen LogP contribution in [0.25, 0.3) is 0 Å². The summed E-state index contributed by atoms with van der Waals surface area (Å²) in [5.41, 5.74) is 3.87. The van der Waals surface area contributed by atoms with Gasteiger partial charge >= 0.3 is 0 Å². The molecule has 1 aromatic rings. The Morgan fingerprint density at radius 3 is 2.12 bits per heavy atom. The number of aliphatic hydroxyl groups is 1. The fraction of sp³-hybridized carbons (Fsp3) is 0.467. The van der Waals surface area contributed by atoms with Crippen LogP contribution in [-0.4, -0.2) is 13.2 Å². The zero-order valence-electron chi connectivity index (χ0n) is 11.4. The normalized spacial score (nSPS) is 13.8. The highest BCUT2D eigenvalue weighted by Gasteiger charge is 2.27. The molecule has 17 heavy (non-hydrogen) atoms. The zero-order chi connectivity index (χ0) is 13.1. The lowest BCUT2D eigenvalue weighted by Crippen LogP contribution is -2.23. The summed E-state index contributed by atoms with van der Waals surface area (Å²) in [6, 6.07) is 9.74. The second-order valence-corrected chi connectivity index (χ2v) is 10.8. The summed E-state index contributed by atoms with van der Waals surface area (Å²) in [5, 5.41) is 10.4. The van der Waals surface area contributed by atoms with E-state index in [4.69, 9.17) is 0 Å². The van der Waals surface area contributed by atoms with Crippen molar-refractivity contribution in [1.29, 1.82) is 0 Å². The lowest BCUT2D eigenvalue weighted by molar-refractivity contribution is 0.0881. The molecule has 1 aromatic carbocycles. The molecule has 0 spiro atoms. The Bertz CT molecular complexity index is 418. The summed E-state index contributed by atoms with van der Waals surface area (Å²) in [7, 11) is -1.39. The number of rotatable bonds is 2. The van der Waals surface area contributed by atoms with Crippen LogP contribution in [0.4, 0.5) is 0 Å². The summed E-state index contributed by atoms with van der Waals surface area (Å²) >= 11 is 0. The maximum Gasteiger partial charge on any atom is 0.129 e. The molecule has 2 heteroatoms. The van der Waals surface area contributed by atoms with Gasteiger partial charge < -0.3 is 5.11 Å². The predicted octanol–water partition coefficient (Wildman–Crippen LogP) is 3.63. The van der Waals surface area contributed by atoms with Gasteiger partial charge in [-0.3, -0.25) is 0 Å². The standard InChI is InChI=1S/C15H22OSi/c1-15(2,11-12-17(3,4)5)14(16)13-9-7-6-8-10-13/h6-10,14,16H,1-5H3/t14-/m1/s1. The highest BCUT2D eigenvalue weighted by molar-refractivity contribution is 6.83. The van der Waals surface area contributed by atoms with Crippen molar-refractivity contribution in [3.63, 3.8) is 0 Å². The van der Waals surface area contributed by atoms with E-state index in [1.807, 2.05) is 44.2 Å². The quantitative estimate of drug-likeness (QED) is 0.624. The highest BCUT2D eigenvalue weighted by Crippen LogP contribution is 2.32. The summed E-state index contributed by atoms with van der Waals surface area (Å²) in [5.74, 6) is 3.26. The van der Waals surface area contributed by atoms with Crippen molar-refractivity contribution in [2.75, 3.05) is 0 Å². The van der Waals surface area contributed by atoms with Crippen LogP contribution in [0.3, 0.4) is 0 Å². The van der Waals surface area contributed by atoms with Gasteiger partial charge in [0.05, 0.1) is 11.5 Å². The van der Waals surface area contributed by atoms with Crippen LogP contribution in [0, 0.1) is 16.9 Å². The maximum atomic E-state index is 10.4. The summed E-state index contributed by atoms with van der Waals surface area (Å²) < 4.78 is 0. The second kappa shape index (κ2) is 5.08. The van der Waals surface area contributed by atoms with Gasteiger partial charge in [-0.05, 0) is 19.4 Å². The molecule has 1 rings (SSSR count). The summed E-state index contributed by atoms with van der Waals surface area (Å²) in [6.07, 6.45) is -0.535. The first-order valence-corrected chi connectivity index (χ1v) is 9.50. The largest absolute Gasteiger partial charge is 0.387 e. The van der Waals surface area contributed by atoms with Gasteiger partial charge in [0.2, 0.25) is 0 Å². The topological polar surface area (TPSA) is 20.2 Å². The zero-order valence-corrected chi connectivity index (χ0v) is 12.4. The molecule has 0 amide bonds. The highest BCUT2D eigenvalue weighted by atomic mass is 28.3. The monoisotopic (exact) mass is 246 g/mol. The number of hydrogen-bond acceptors (Lipinski definition) is 1. The van der Waals surface area contributed by atoms with E-state index in [2.05, 4.69) is 31.1 Å². The van der Waals surface area contributed by atoms with E-state index in [0.29, 0.717) is 0 Å². The molecular weight excluding hydrogens is 224 g/mol. The maximum absolute atomic E-state index is 10.4. The number of aliphatic hydroxyl groups excluding tert-OH is 1. The van der Waals surface area contributed by atoms with Crippen molar-refractivity contribution in [3.05, 3.63) is 35.9 Å². The molecule has 0 aliphatic rings. The van der Waals surface area contributed by atoms with Gasteiger partial charge in [0, 0.05) is 0 Å². The fourth-order valence-corrected chi connectivity index (χ4v) is 2.17. The molecular formula is C15H22OSi. The summed E-state index contributed by atoms with van der Waals surface area (Å²) in [4.78, 5) is 0. The predicted molar refractivity (Wildman–Crippen MR) is 76.3 cm³/mol. The van der Waals surface area contributed by atoms with Gasteiger partial charge in [0.15, 0.2) is 0 Å². The minimum absolute atomic E-state index is 0.401. The van der Waals surface area contributed by atoms with Crippen molar-refractivity contribution in [2.24, 2.45) is 5.41 Å². The van der Waals surface area contributed by atoms with Gasteiger partial charge in [-0.15, -0.1) is 11.5 Å². The Hall–Kier alpha value is -1.04. The van der Waals surface area contributed by atoms with Crippen molar-refractivity contribution >= 4 is 8.07 Å². The average molecular weight is 246 g/mol. The Morgan fingerprint density at radius 1 is 1.12 bits per heavy atom. The molecule has 0 saturated heterocycles. The van der Waals surface area contributed by atoms with Crippen molar-refractivity contribution in [2.45, 2.75) is 39.6 Å².